The SMILES string of the molecule is CC[C@]12CCC3C4=C(CC(=O)CC4)C4CC4C3C1CC[C@@]21C=CCO1. The van der Waals surface area contributed by atoms with Crippen molar-refractivity contribution in [2.45, 2.75) is 70.3 Å². The zero-order valence-electron chi connectivity index (χ0n) is 15.4. The number of allylic oxidation sites excluding steroid dienone is 2. The smallest absolute Gasteiger partial charge is 0.137 e. The van der Waals surface area contributed by atoms with Crippen LogP contribution >= 0.6 is 0 Å². The molecule has 0 aromatic heterocycles. The molecule has 0 amide bonds. The van der Waals surface area contributed by atoms with Crippen LogP contribution < -0.4 is 0 Å². The number of fused-ring (bicyclic) bond motifs is 8. The fraction of sp³-hybridized carbons (Fsp3) is 0.783. The summed E-state index contributed by atoms with van der Waals surface area (Å²) in [6, 6.07) is 0. The highest BCUT2D eigenvalue weighted by molar-refractivity contribution is 5.83. The molecule has 1 heterocycles. The average molecular weight is 338 g/mol. The molecule has 0 bridgehead atoms. The topological polar surface area (TPSA) is 26.3 Å². The molecule has 3 fully saturated rings. The van der Waals surface area contributed by atoms with Crippen LogP contribution in [-0.2, 0) is 9.53 Å². The maximum absolute atomic E-state index is 12.0. The van der Waals surface area contributed by atoms with Crippen LogP contribution in [0.2, 0.25) is 0 Å². The van der Waals surface area contributed by atoms with Gasteiger partial charge in [0.25, 0.3) is 0 Å². The van der Waals surface area contributed by atoms with Crippen LogP contribution in [0.5, 0.6) is 0 Å². The van der Waals surface area contributed by atoms with Gasteiger partial charge >= 0.3 is 0 Å². The molecular weight excluding hydrogens is 308 g/mol. The largest absolute Gasteiger partial charge is 0.366 e. The van der Waals surface area contributed by atoms with Crippen molar-refractivity contribution in [3.8, 4) is 0 Å². The van der Waals surface area contributed by atoms with Gasteiger partial charge in [-0.15, -0.1) is 0 Å². The quantitative estimate of drug-likeness (QED) is 0.639. The minimum Gasteiger partial charge on any atom is -0.366 e. The highest BCUT2D eigenvalue weighted by atomic mass is 16.5. The van der Waals surface area contributed by atoms with E-state index >= 15 is 0 Å². The minimum absolute atomic E-state index is 0.0545. The molecule has 0 N–H and O–H groups in total. The zero-order chi connectivity index (χ0) is 16.8. The normalized spacial score (nSPS) is 52.8. The van der Waals surface area contributed by atoms with Gasteiger partial charge in [-0.2, -0.15) is 0 Å². The van der Waals surface area contributed by atoms with E-state index in [1.807, 2.05) is 0 Å². The molecule has 6 rings (SSSR count). The maximum Gasteiger partial charge on any atom is 0.137 e. The second-order valence-electron chi connectivity index (χ2n) is 9.75. The summed E-state index contributed by atoms with van der Waals surface area (Å²) in [6.07, 6.45) is 15.4. The molecule has 0 aromatic rings. The van der Waals surface area contributed by atoms with Gasteiger partial charge in [0.05, 0.1) is 12.2 Å². The van der Waals surface area contributed by atoms with Gasteiger partial charge in [-0.3, -0.25) is 4.79 Å². The molecule has 6 aliphatic rings. The molecule has 7 atom stereocenters. The van der Waals surface area contributed by atoms with Crippen molar-refractivity contribution in [2.24, 2.45) is 35.0 Å². The predicted octanol–water partition coefficient (Wildman–Crippen LogP) is 4.84. The van der Waals surface area contributed by atoms with Gasteiger partial charge in [0.1, 0.15) is 5.78 Å². The predicted molar refractivity (Wildman–Crippen MR) is 97.0 cm³/mol. The van der Waals surface area contributed by atoms with Crippen molar-refractivity contribution in [3.05, 3.63) is 23.3 Å². The standard InChI is InChI=1S/C23H30O2/c1-2-22-9-6-16-15-5-4-14(24)12-17(15)18-13-19(18)21(16)20(22)7-10-23(22)8-3-11-25-23/h3,8,16,18-21H,2,4-7,9-13H2,1H3/t16?,18?,19?,20?,21?,22-,23-/m0/s1. The minimum atomic E-state index is 0.0545. The zero-order valence-corrected chi connectivity index (χ0v) is 15.4. The van der Waals surface area contributed by atoms with E-state index in [2.05, 4.69) is 19.1 Å². The number of Topliss-reactive ketones (excluding diaryl/α,β-unsaturated/α-hetero) is 1. The van der Waals surface area contributed by atoms with Crippen LogP contribution in [0, 0.1) is 35.0 Å². The Morgan fingerprint density at radius 3 is 2.88 bits per heavy atom. The van der Waals surface area contributed by atoms with Crippen LogP contribution in [0.15, 0.2) is 23.3 Å². The van der Waals surface area contributed by atoms with Crippen LogP contribution in [0.25, 0.3) is 0 Å². The van der Waals surface area contributed by atoms with Gasteiger partial charge in [0, 0.05) is 18.3 Å². The molecule has 3 saturated carbocycles. The Labute approximate surface area is 151 Å². The van der Waals surface area contributed by atoms with Gasteiger partial charge in [-0.05, 0) is 74.5 Å². The number of hydrogen-bond donors (Lipinski definition) is 0. The van der Waals surface area contributed by atoms with Crippen molar-refractivity contribution in [1.29, 1.82) is 0 Å². The van der Waals surface area contributed by atoms with E-state index in [0.29, 0.717) is 11.2 Å². The van der Waals surface area contributed by atoms with Crippen LogP contribution in [0.1, 0.15) is 64.7 Å². The number of hydrogen-bond acceptors (Lipinski definition) is 2. The molecule has 1 spiro atoms. The Morgan fingerprint density at radius 2 is 2.08 bits per heavy atom. The third kappa shape index (κ3) is 1.73. The van der Waals surface area contributed by atoms with Crippen molar-refractivity contribution in [2.75, 3.05) is 6.61 Å². The van der Waals surface area contributed by atoms with E-state index in [1.54, 1.807) is 11.1 Å². The monoisotopic (exact) mass is 338 g/mol. The van der Waals surface area contributed by atoms with Gasteiger partial charge in [-0.25, -0.2) is 0 Å². The fourth-order valence-electron chi connectivity index (χ4n) is 8.43. The summed E-state index contributed by atoms with van der Waals surface area (Å²) in [7, 11) is 0. The van der Waals surface area contributed by atoms with Gasteiger partial charge in [0.2, 0.25) is 0 Å². The van der Waals surface area contributed by atoms with E-state index in [-0.39, 0.29) is 5.60 Å². The average Bonchev–Trinajstić information content (AvgIpc) is 3.18. The van der Waals surface area contributed by atoms with E-state index < -0.39 is 0 Å². The molecule has 134 valence electrons. The second-order valence-corrected chi connectivity index (χ2v) is 9.75. The van der Waals surface area contributed by atoms with Gasteiger partial charge in [0.15, 0.2) is 0 Å². The number of carbonyl (C=O) groups excluding carboxylic acids is 1. The molecule has 5 unspecified atom stereocenters. The van der Waals surface area contributed by atoms with E-state index in [4.69, 9.17) is 4.74 Å². The maximum atomic E-state index is 12.0. The summed E-state index contributed by atoms with van der Waals surface area (Å²) >= 11 is 0. The fourth-order valence-corrected chi connectivity index (χ4v) is 8.43. The number of carbonyl (C=O) groups is 1. The molecule has 2 nitrogen and oxygen atoms in total. The lowest BCUT2D eigenvalue weighted by molar-refractivity contribution is -0.120. The van der Waals surface area contributed by atoms with Gasteiger partial charge in [-0.1, -0.05) is 30.2 Å². The lowest BCUT2D eigenvalue weighted by Crippen LogP contribution is -2.53. The van der Waals surface area contributed by atoms with Crippen LogP contribution in [0.4, 0.5) is 0 Å². The lowest BCUT2D eigenvalue weighted by atomic mass is 9.51. The summed E-state index contributed by atoms with van der Waals surface area (Å²) in [4.78, 5) is 12.0. The Balaban J connectivity index is 1.42. The molecule has 0 saturated heterocycles. The third-order valence-electron chi connectivity index (χ3n) is 9.37. The Hall–Kier alpha value is -0.890. The summed E-state index contributed by atoms with van der Waals surface area (Å²) in [5.41, 5.74) is 3.82. The van der Waals surface area contributed by atoms with Crippen LogP contribution in [-0.4, -0.2) is 18.0 Å². The Bertz CT molecular complexity index is 703. The molecule has 5 aliphatic carbocycles. The summed E-state index contributed by atoms with van der Waals surface area (Å²) < 4.78 is 6.45. The molecule has 2 heteroatoms. The molecule has 0 aromatic carbocycles. The summed E-state index contributed by atoms with van der Waals surface area (Å²) in [5, 5.41) is 0. The molecule has 25 heavy (non-hydrogen) atoms. The summed E-state index contributed by atoms with van der Waals surface area (Å²) in [6.45, 7) is 3.25. The Morgan fingerprint density at radius 1 is 1.16 bits per heavy atom. The first kappa shape index (κ1) is 15.2. The highest BCUT2D eigenvalue weighted by Crippen LogP contribution is 2.72. The van der Waals surface area contributed by atoms with Crippen LogP contribution in [0.3, 0.4) is 0 Å². The molecule has 1 aliphatic heterocycles. The first-order valence-electron chi connectivity index (χ1n) is 10.7. The third-order valence-corrected chi connectivity index (χ3v) is 9.37. The number of ketones is 1. The van der Waals surface area contributed by atoms with Crippen molar-refractivity contribution < 1.29 is 9.53 Å². The van der Waals surface area contributed by atoms with Crippen molar-refractivity contribution >= 4 is 5.78 Å². The highest BCUT2D eigenvalue weighted by Gasteiger charge is 2.68. The number of ether oxygens (including phenoxy) is 1. The first-order valence-corrected chi connectivity index (χ1v) is 10.7. The van der Waals surface area contributed by atoms with Gasteiger partial charge < -0.3 is 4.74 Å². The second kappa shape index (κ2) is 4.88. The van der Waals surface area contributed by atoms with E-state index in [9.17, 15) is 4.79 Å². The summed E-state index contributed by atoms with van der Waals surface area (Å²) in [5.74, 6) is 4.72. The molecular formula is C23H30O2. The van der Waals surface area contributed by atoms with E-state index in [1.165, 1.54) is 38.5 Å². The molecule has 0 radical (unpaired) electrons. The first-order chi connectivity index (χ1) is 12.2. The lowest BCUT2D eigenvalue weighted by Gasteiger charge is -2.55. The Kier molecular flexibility index (Phi) is 2.97. The van der Waals surface area contributed by atoms with Crippen molar-refractivity contribution in [1.82, 2.24) is 0 Å². The number of rotatable bonds is 1. The van der Waals surface area contributed by atoms with E-state index in [0.717, 1.165) is 55.5 Å². The van der Waals surface area contributed by atoms with Crippen molar-refractivity contribution in [3.63, 3.8) is 0 Å².